The van der Waals surface area contributed by atoms with Crippen LogP contribution in [0.25, 0.3) is 0 Å². The van der Waals surface area contributed by atoms with Gasteiger partial charge in [0.2, 0.25) is 0 Å². The summed E-state index contributed by atoms with van der Waals surface area (Å²) in [6, 6.07) is 5.96. The van der Waals surface area contributed by atoms with Crippen LogP contribution in [-0.2, 0) is 4.74 Å². The van der Waals surface area contributed by atoms with Crippen LogP contribution in [-0.4, -0.2) is 36.8 Å². The third-order valence-corrected chi connectivity index (χ3v) is 3.69. The molecule has 1 aliphatic rings. The number of thioether (sulfide) groups is 1. The van der Waals surface area contributed by atoms with Gasteiger partial charge in [-0.3, -0.25) is 4.99 Å². The molecule has 0 bridgehead atoms. The maximum absolute atomic E-state index is 12.7. The molecule has 20 heavy (non-hydrogen) atoms. The van der Waals surface area contributed by atoms with Crippen molar-refractivity contribution >= 4 is 16.9 Å². The van der Waals surface area contributed by atoms with E-state index in [1.807, 2.05) is 0 Å². The number of ether oxygens (including phenoxy) is 2. The second-order valence-corrected chi connectivity index (χ2v) is 5.58. The lowest BCUT2D eigenvalue weighted by molar-refractivity contribution is 0.118. The molecular formula is C14H19FN2O2S. The van der Waals surface area contributed by atoms with Crippen molar-refractivity contribution < 1.29 is 13.9 Å². The van der Waals surface area contributed by atoms with Gasteiger partial charge < -0.3 is 15.2 Å². The van der Waals surface area contributed by atoms with Crippen molar-refractivity contribution in [3.8, 4) is 5.75 Å². The van der Waals surface area contributed by atoms with E-state index >= 15 is 0 Å². The first-order chi connectivity index (χ1) is 9.74. The van der Waals surface area contributed by atoms with E-state index in [2.05, 4.69) is 4.99 Å². The Morgan fingerprint density at radius 1 is 1.45 bits per heavy atom. The standard InChI is InChI=1S/C14H19FN2O2S/c15-11-3-5-12(6-4-11)19-8-9-20-14(16)17-10-13-2-1-7-18-13/h3-6,13H,1-2,7-10H2,(H2,16,17)/t13-/m1/s1. The van der Waals surface area contributed by atoms with E-state index in [1.54, 1.807) is 12.1 Å². The number of hydrogen-bond donors (Lipinski definition) is 1. The van der Waals surface area contributed by atoms with Crippen LogP contribution in [0.4, 0.5) is 4.39 Å². The molecule has 1 heterocycles. The molecule has 1 saturated heterocycles. The minimum Gasteiger partial charge on any atom is -0.493 e. The molecule has 0 aliphatic carbocycles. The summed E-state index contributed by atoms with van der Waals surface area (Å²) in [6.45, 7) is 1.98. The molecule has 0 unspecified atom stereocenters. The van der Waals surface area contributed by atoms with Crippen LogP contribution < -0.4 is 10.5 Å². The molecule has 110 valence electrons. The van der Waals surface area contributed by atoms with E-state index in [9.17, 15) is 4.39 Å². The Labute approximate surface area is 122 Å². The Balaban J connectivity index is 1.59. The Bertz CT molecular complexity index is 433. The lowest BCUT2D eigenvalue weighted by Crippen LogP contribution is -2.15. The van der Waals surface area contributed by atoms with Crippen LogP contribution in [0.5, 0.6) is 5.75 Å². The van der Waals surface area contributed by atoms with Gasteiger partial charge in [0, 0.05) is 12.4 Å². The van der Waals surface area contributed by atoms with Crippen molar-refractivity contribution in [1.29, 1.82) is 0 Å². The highest BCUT2D eigenvalue weighted by molar-refractivity contribution is 8.13. The highest BCUT2D eigenvalue weighted by atomic mass is 32.2. The lowest BCUT2D eigenvalue weighted by atomic mass is 10.2. The zero-order valence-corrected chi connectivity index (χ0v) is 12.1. The number of nitrogens with two attached hydrogens (primary N) is 1. The predicted octanol–water partition coefficient (Wildman–Crippen LogP) is 2.43. The van der Waals surface area contributed by atoms with Gasteiger partial charge in [-0.15, -0.1) is 0 Å². The number of rotatable bonds is 6. The van der Waals surface area contributed by atoms with E-state index in [0.717, 1.165) is 19.4 Å². The molecule has 1 fully saturated rings. The minimum absolute atomic E-state index is 0.226. The summed E-state index contributed by atoms with van der Waals surface area (Å²) in [4.78, 5) is 4.29. The van der Waals surface area contributed by atoms with E-state index in [0.29, 0.717) is 29.8 Å². The van der Waals surface area contributed by atoms with Crippen LogP contribution in [0.3, 0.4) is 0 Å². The topological polar surface area (TPSA) is 56.8 Å². The quantitative estimate of drug-likeness (QED) is 0.498. The van der Waals surface area contributed by atoms with Gasteiger partial charge in [-0.05, 0) is 37.1 Å². The maximum Gasteiger partial charge on any atom is 0.154 e. The Morgan fingerprint density at radius 3 is 2.95 bits per heavy atom. The van der Waals surface area contributed by atoms with Crippen LogP contribution in [0.2, 0.25) is 0 Å². The number of amidine groups is 1. The summed E-state index contributed by atoms with van der Waals surface area (Å²) in [5.41, 5.74) is 5.80. The first-order valence-corrected chi connectivity index (χ1v) is 7.65. The summed E-state index contributed by atoms with van der Waals surface area (Å²) in [5.74, 6) is 1.09. The Kier molecular flexibility index (Phi) is 6.14. The molecule has 2 rings (SSSR count). The smallest absolute Gasteiger partial charge is 0.154 e. The summed E-state index contributed by atoms with van der Waals surface area (Å²) in [5, 5.41) is 0.559. The molecular weight excluding hydrogens is 279 g/mol. The fraction of sp³-hybridized carbons (Fsp3) is 0.500. The third-order valence-electron chi connectivity index (χ3n) is 2.89. The highest BCUT2D eigenvalue weighted by Gasteiger charge is 2.14. The molecule has 0 saturated carbocycles. The van der Waals surface area contributed by atoms with E-state index in [4.69, 9.17) is 15.2 Å². The van der Waals surface area contributed by atoms with Gasteiger partial charge in [-0.25, -0.2) is 4.39 Å². The number of benzene rings is 1. The normalized spacial score (nSPS) is 19.2. The molecule has 6 heteroatoms. The van der Waals surface area contributed by atoms with Crippen molar-refractivity contribution in [1.82, 2.24) is 0 Å². The molecule has 0 spiro atoms. The van der Waals surface area contributed by atoms with Crippen molar-refractivity contribution in [3.63, 3.8) is 0 Å². The van der Waals surface area contributed by atoms with Crippen LogP contribution in [0.1, 0.15) is 12.8 Å². The van der Waals surface area contributed by atoms with Crippen LogP contribution in [0, 0.1) is 5.82 Å². The molecule has 1 aromatic rings. The van der Waals surface area contributed by atoms with Gasteiger partial charge in [-0.2, -0.15) is 0 Å². The lowest BCUT2D eigenvalue weighted by Gasteiger charge is -2.07. The number of halogens is 1. The zero-order chi connectivity index (χ0) is 14.2. The summed E-state index contributed by atoms with van der Waals surface area (Å²) >= 11 is 1.46. The third kappa shape index (κ3) is 5.38. The van der Waals surface area contributed by atoms with E-state index < -0.39 is 0 Å². The van der Waals surface area contributed by atoms with Crippen molar-refractivity contribution in [3.05, 3.63) is 30.1 Å². The second kappa shape index (κ2) is 8.11. The number of nitrogens with zero attached hydrogens (tertiary/aromatic N) is 1. The van der Waals surface area contributed by atoms with Gasteiger partial charge in [-0.1, -0.05) is 11.8 Å². The predicted molar refractivity (Wildman–Crippen MR) is 79.8 cm³/mol. The summed E-state index contributed by atoms with van der Waals surface area (Å²) in [7, 11) is 0. The average molecular weight is 298 g/mol. The minimum atomic E-state index is -0.266. The summed E-state index contributed by atoms with van der Waals surface area (Å²) < 4.78 is 23.6. The van der Waals surface area contributed by atoms with Crippen LogP contribution in [0.15, 0.2) is 29.3 Å². The first-order valence-electron chi connectivity index (χ1n) is 6.67. The molecule has 1 aromatic carbocycles. The zero-order valence-electron chi connectivity index (χ0n) is 11.3. The number of hydrogen-bond acceptors (Lipinski definition) is 4. The highest BCUT2D eigenvalue weighted by Crippen LogP contribution is 2.13. The van der Waals surface area contributed by atoms with Crippen molar-refractivity contribution in [2.24, 2.45) is 10.7 Å². The maximum atomic E-state index is 12.7. The summed E-state index contributed by atoms with van der Waals surface area (Å²) in [6.07, 6.45) is 2.40. The van der Waals surface area contributed by atoms with Gasteiger partial charge in [0.1, 0.15) is 11.6 Å². The molecule has 4 nitrogen and oxygen atoms in total. The van der Waals surface area contributed by atoms with Gasteiger partial charge in [0.25, 0.3) is 0 Å². The molecule has 0 radical (unpaired) electrons. The van der Waals surface area contributed by atoms with E-state index in [-0.39, 0.29) is 11.9 Å². The average Bonchev–Trinajstić information content (AvgIpc) is 2.96. The van der Waals surface area contributed by atoms with E-state index in [1.165, 1.54) is 23.9 Å². The second-order valence-electron chi connectivity index (χ2n) is 4.46. The molecule has 1 atom stereocenters. The monoisotopic (exact) mass is 298 g/mol. The van der Waals surface area contributed by atoms with Crippen molar-refractivity contribution in [2.45, 2.75) is 18.9 Å². The Morgan fingerprint density at radius 2 is 2.25 bits per heavy atom. The van der Waals surface area contributed by atoms with Crippen molar-refractivity contribution in [2.75, 3.05) is 25.5 Å². The Hall–Kier alpha value is -1.27. The van der Waals surface area contributed by atoms with Gasteiger partial charge in [0.05, 0.1) is 19.3 Å². The number of aliphatic imine (C=N–C) groups is 1. The molecule has 2 N–H and O–H groups in total. The largest absolute Gasteiger partial charge is 0.493 e. The molecule has 0 amide bonds. The van der Waals surface area contributed by atoms with Crippen LogP contribution >= 0.6 is 11.8 Å². The SMILES string of the molecule is NC(=NC[C@H]1CCCO1)SCCOc1ccc(F)cc1. The fourth-order valence-corrected chi connectivity index (χ4v) is 2.40. The van der Waals surface area contributed by atoms with Gasteiger partial charge in [0.15, 0.2) is 5.17 Å². The fourth-order valence-electron chi connectivity index (χ4n) is 1.86. The first kappa shape index (κ1) is 15.1. The molecule has 0 aromatic heterocycles. The van der Waals surface area contributed by atoms with Gasteiger partial charge >= 0.3 is 0 Å². The molecule has 1 aliphatic heterocycles.